The molecule has 1 heterocycles. The van der Waals surface area contributed by atoms with Crippen LogP contribution in [0.5, 0.6) is 0 Å². The van der Waals surface area contributed by atoms with Gasteiger partial charge in [-0.1, -0.05) is 6.07 Å². The minimum absolute atomic E-state index is 0.332. The smallest absolute Gasteiger partial charge is 0.328 e. The van der Waals surface area contributed by atoms with Crippen LogP contribution in [-0.4, -0.2) is 34.8 Å². The summed E-state index contributed by atoms with van der Waals surface area (Å²) in [5.41, 5.74) is 3.15. The number of carbonyl (C=O) groups excluding carboxylic acids is 2. The summed E-state index contributed by atoms with van der Waals surface area (Å²) < 4.78 is 6.37. The molecule has 6 heteroatoms. The maximum Gasteiger partial charge on any atom is 0.328 e. The number of carbonyl (C=O) groups is 2. The average Bonchev–Trinajstić information content (AvgIpc) is 2.85. The molecule has 0 saturated carbocycles. The van der Waals surface area contributed by atoms with Gasteiger partial charge in [0.2, 0.25) is 0 Å². The van der Waals surface area contributed by atoms with Crippen LogP contribution >= 0.6 is 0 Å². The highest BCUT2D eigenvalue weighted by molar-refractivity contribution is 5.97. The van der Waals surface area contributed by atoms with E-state index < -0.39 is 12.0 Å². The second-order valence-electron chi connectivity index (χ2n) is 5.11. The van der Waals surface area contributed by atoms with Gasteiger partial charge in [-0.2, -0.15) is 5.10 Å². The van der Waals surface area contributed by atoms with Crippen molar-refractivity contribution in [3.05, 3.63) is 47.3 Å². The molecule has 0 spiro atoms. The summed E-state index contributed by atoms with van der Waals surface area (Å²) in [5, 5.41) is 7.00. The summed E-state index contributed by atoms with van der Waals surface area (Å²) in [4.78, 5) is 23.6. The number of aryl methyl sites for hydroxylation is 2. The number of nitrogens with one attached hydrogen (secondary N) is 1. The number of benzene rings is 1. The van der Waals surface area contributed by atoms with E-state index in [0.29, 0.717) is 5.56 Å². The Morgan fingerprint density at radius 1 is 1.27 bits per heavy atom. The second-order valence-corrected chi connectivity index (χ2v) is 5.11. The number of nitrogens with zero attached hydrogens (tertiary/aromatic N) is 2. The normalized spacial score (nSPS) is 11.8. The Kier molecular flexibility index (Phi) is 4.60. The van der Waals surface area contributed by atoms with Gasteiger partial charge in [-0.05, 0) is 45.0 Å². The van der Waals surface area contributed by atoms with Crippen LogP contribution in [0, 0.1) is 13.8 Å². The van der Waals surface area contributed by atoms with Crippen LogP contribution in [0.15, 0.2) is 30.3 Å². The van der Waals surface area contributed by atoms with Gasteiger partial charge in [0, 0.05) is 11.3 Å². The molecule has 0 aliphatic heterocycles. The van der Waals surface area contributed by atoms with Gasteiger partial charge in [-0.15, -0.1) is 0 Å². The molecule has 1 atom stereocenters. The number of methoxy groups -OCH3 is 1. The van der Waals surface area contributed by atoms with Crippen molar-refractivity contribution < 1.29 is 14.3 Å². The summed E-state index contributed by atoms with van der Waals surface area (Å²) in [7, 11) is 1.29. The Labute approximate surface area is 129 Å². The van der Waals surface area contributed by atoms with Crippen molar-refractivity contribution in [2.45, 2.75) is 26.8 Å². The van der Waals surface area contributed by atoms with Crippen LogP contribution in [0.2, 0.25) is 0 Å². The van der Waals surface area contributed by atoms with E-state index in [1.54, 1.807) is 29.8 Å². The molecule has 1 amide bonds. The van der Waals surface area contributed by atoms with Crippen LogP contribution in [-0.2, 0) is 9.53 Å². The Balaban J connectivity index is 2.23. The monoisotopic (exact) mass is 301 g/mol. The first-order valence-corrected chi connectivity index (χ1v) is 6.94. The Hall–Kier alpha value is -2.63. The summed E-state index contributed by atoms with van der Waals surface area (Å²) in [6.45, 7) is 5.44. The number of hydrogen-bond acceptors (Lipinski definition) is 4. The molecule has 1 aromatic heterocycles. The van der Waals surface area contributed by atoms with Crippen molar-refractivity contribution in [2.24, 2.45) is 0 Å². The molecule has 2 rings (SSSR count). The molecule has 0 unspecified atom stereocenters. The fourth-order valence-electron chi connectivity index (χ4n) is 2.18. The van der Waals surface area contributed by atoms with E-state index >= 15 is 0 Å². The summed E-state index contributed by atoms with van der Waals surface area (Å²) >= 11 is 0. The van der Waals surface area contributed by atoms with Crippen LogP contribution in [0.3, 0.4) is 0 Å². The van der Waals surface area contributed by atoms with Crippen LogP contribution in [0.4, 0.5) is 0 Å². The molecule has 6 nitrogen and oxygen atoms in total. The molecule has 116 valence electrons. The predicted octanol–water partition coefficient (Wildman–Crippen LogP) is 1.78. The van der Waals surface area contributed by atoms with Crippen molar-refractivity contribution in [1.29, 1.82) is 0 Å². The molecule has 0 radical (unpaired) electrons. The third-order valence-corrected chi connectivity index (χ3v) is 3.26. The molecule has 2 aromatic rings. The lowest BCUT2D eigenvalue weighted by molar-refractivity contribution is -0.142. The standard InChI is InChI=1S/C16H19N3O3/c1-10-8-11(2)19(18-10)14-7-5-6-13(9-14)15(20)17-12(3)16(21)22-4/h5-9,12H,1-4H3,(H,17,20)/t12-/m0/s1. The van der Waals surface area contributed by atoms with E-state index in [2.05, 4.69) is 15.2 Å². The highest BCUT2D eigenvalue weighted by Crippen LogP contribution is 2.14. The first kappa shape index (κ1) is 15.8. The number of ether oxygens (including phenoxy) is 1. The van der Waals surface area contributed by atoms with Gasteiger partial charge in [0.1, 0.15) is 6.04 Å². The minimum atomic E-state index is -0.699. The second kappa shape index (κ2) is 6.43. The van der Waals surface area contributed by atoms with E-state index in [0.717, 1.165) is 17.1 Å². The van der Waals surface area contributed by atoms with Crippen molar-refractivity contribution in [2.75, 3.05) is 7.11 Å². The quantitative estimate of drug-likeness (QED) is 0.874. The Morgan fingerprint density at radius 3 is 2.59 bits per heavy atom. The molecule has 0 saturated heterocycles. The van der Waals surface area contributed by atoms with E-state index in [1.807, 2.05) is 26.0 Å². The molecule has 1 aromatic carbocycles. The van der Waals surface area contributed by atoms with Crippen LogP contribution < -0.4 is 5.32 Å². The van der Waals surface area contributed by atoms with Crippen molar-refractivity contribution in [3.8, 4) is 5.69 Å². The fourth-order valence-corrected chi connectivity index (χ4v) is 2.18. The molecule has 0 aliphatic carbocycles. The predicted molar refractivity (Wildman–Crippen MR) is 82.0 cm³/mol. The van der Waals surface area contributed by atoms with Gasteiger partial charge >= 0.3 is 5.97 Å². The Bertz CT molecular complexity index is 706. The first-order chi connectivity index (χ1) is 10.4. The number of rotatable bonds is 4. The van der Waals surface area contributed by atoms with E-state index in [-0.39, 0.29) is 5.91 Å². The average molecular weight is 301 g/mol. The molecular formula is C16H19N3O3. The zero-order valence-electron chi connectivity index (χ0n) is 13.1. The third-order valence-electron chi connectivity index (χ3n) is 3.26. The number of esters is 1. The molecule has 0 bridgehead atoms. The van der Waals surface area contributed by atoms with Gasteiger partial charge in [0.25, 0.3) is 5.91 Å². The highest BCUT2D eigenvalue weighted by Gasteiger charge is 2.17. The van der Waals surface area contributed by atoms with Gasteiger partial charge in [-0.25, -0.2) is 9.48 Å². The molecule has 0 fully saturated rings. The SMILES string of the molecule is COC(=O)[C@H](C)NC(=O)c1cccc(-n2nc(C)cc2C)c1. The van der Waals surface area contributed by atoms with Gasteiger partial charge in [-0.3, -0.25) is 4.79 Å². The van der Waals surface area contributed by atoms with Crippen molar-refractivity contribution in [1.82, 2.24) is 15.1 Å². The topological polar surface area (TPSA) is 73.2 Å². The number of aromatic nitrogens is 2. The molecule has 22 heavy (non-hydrogen) atoms. The third kappa shape index (κ3) is 3.33. The first-order valence-electron chi connectivity index (χ1n) is 6.94. The molecule has 0 aliphatic rings. The lowest BCUT2D eigenvalue weighted by Crippen LogP contribution is -2.39. The summed E-state index contributed by atoms with van der Waals surface area (Å²) in [5.74, 6) is -0.815. The van der Waals surface area contributed by atoms with E-state index in [4.69, 9.17) is 0 Å². The minimum Gasteiger partial charge on any atom is -0.467 e. The Morgan fingerprint density at radius 2 is 2.00 bits per heavy atom. The van der Waals surface area contributed by atoms with E-state index in [9.17, 15) is 9.59 Å². The van der Waals surface area contributed by atoms with Crippen molar-refractivity contribution in [3.63, 3.8) is 0 Å². The highest BCUT2D eigenvalue weighted by atomic mass is 16.5. The van der Waals surface area contributed by atoms with Gasteiger partial charge in [0.05, 0.1) is 18.5 Å². The maximum absolute atomic E-state index is 12.2. The van der Waals surface area contributed by atoms with E-state index in [1.165, 1.54) is 7.11 Å². The maximum atomic E-state index is 12.2. The van der Waals surface area contributed by atoms with Gasteiger partial charge < -0.3 is 10.1 Å². The van der Waals surface area contributed by atoms with Crippen LogP contribution in [0.25, 0.3) is 5.69 Å². The largest absolute Gasteiger partial charge is 0.467 e. The van der Waals surface area contributed by atoms with Gasteiger partial charge in [0.15, 0.2) is 0 Å². The molecule has 1 N–H and O–H groups in total. The summed E-state index contributed by atoms with van der Waals surface area (Å²) in [6.07, 6.45) is 0. The zero-order chi connectivity index (χ0) is 16.3. The lowest BCUT2D eigenvalue weighted by atomic mass is 10.1. The lowest BCUT2D eigenvalue weighted by Gasteiger charge is -2.12. The van der Waals surface area contributed by atoms with Crippen LogP contribution in [0.1, 0.15) is 28.7 Å². The summed E-state index contributed by atoms with van der Waals surface area (Å²) in [6, 6.07) is 8.35. The van der Waals surface area contributed by atoms with Crippen molar-refractivity contribution >= 4 is 11.9 Å². The number of amides is 1. The zero-order valence-corrected chi connectivity index (χ0v) is 13.1. The molecular weight excluding hydrogens is 282 g/mol. The fraction of sp³-hybridized carbons (Fsp3) is 0.312. The number of hydrogen-bond donors (Lipinski definition) is 1.